The number of hydrogen-bond donors (Lipinski definition) is 0. The third-order valence-electron chi connectivity index (χ3n) is 3.65. The molecule has 1 heterocycles. The molecule has 1 atom stereocenters. The SMILES string of the molecule is COc1ccc(CC(C)(CC=O)c2cccnc2)cc1. The number of hydrogen-bond acceptors (Lipinski definition) is 3. The zero-order valence-electron chi connectivity index (χ0n) is 11.9. The number of benzene rings is 1. The third kappa shape index (κ3) is 3.23. The lowest BCUT2D eigenvalue weighted by atomic mass is 9.76. The van der Waals surface area contributed by atoms with Crippen molar-refractivity contribution in [2.45, 2.75) is 25.2 Å². The Balaban J connectivity index is 2.26. The number of ether oxygens (including phenoxy) is 1. The fraction of sp³-hybridized carbons (Fsp3) is 0.294. The average molecular weight is 269 g/mol. The van der Waals surface area contributed by atoms with E-state index in [0.29, 0.717) is 6.42 Å². The molecule has 0 bridgehead atoms. The molecule has 0 N–H and O–H groups in total. The van der Waals surface area contributed by atoms with Crippen LogP contribution < -0.4 is 4.74 Å². The minimum absolute atomic E-state index is 0.232. The van der Waals surface area contributed by atoms with E-state index in [-0.39, 0.29) is 5.41 Å². The largest absolute Gasteiger partial charge is 0.497 e. The Morgan fingerprint density at radius 2 is 2.00 bits per heavy atom. The predicted octanol–water partition coefficient (Wildman–Crippen LogP) is 3.18. The van der Waals surface area contributed by atoms with Gasteiger partial charge in [-0.1, -0.05) is 25.1 Å². The zero-order chi connectivity index (χ0) is 14.4. The van der Waals surface area contributed by atoms with Gasteiger partial charge in [-0.2, -0.15) is 0 Å². The average Bonchev–Trinajstić information content (AvgIpc) is 2.49. The van der Waals surface area contributed by atoms with Crippen LogP contribution in [0.5, 0.6) is 5.75 Å². The van der Waals surface area contributed by atoms with E-state index in [1.807, 2.05) is 42.6 Å². The number of carbonyl (C=O) groups is 1. The van der Waals surface area contributed by atoms with Crippen molar-refractivity contribution in [3.8, 4) is 5.75 Å². The van der Waals surface area contributed by atoms with Crippen LogP contribution in [0.2, 0.25) is 0 Å². The van der Waals surface area contributed by atoms with Crippen LogP contribution >= 0.6 is 0 Å². The first-order valence-corrected chi connectivity index (χ1v) is 6.65. The summed E-state index contributed by atoms with van der Waals surface area (Å²) >= 11 is 0. The van der Waals surface area contributed by atoms with Crippen molar-refractivity contribution in [3.05, 3.63) is 59.9 Å². The molecule has 1 aromatic carbocycles. The molecule has 3 nitrogen and oxygen atoms in total. The van der Waals surface area contributed by atoms with Gasteiger partial charge in [0.1, 0.15) is 12.0 Å². The van der Waals surface area contributed by atoms with Crippen LogP contribution in [-0.4, -0.2) is 18.4 Å². The molecule has 2 aromatic rings. The zero-order valence-corrected chi connectivity index (χ0v) is 11.9. The van der Waals surface area contributed by atoms with Gasteiger partial charge >= 0.3 is 0 Å². The fourth-order valence-corrected chi connectivity index (χ4v) is 2.39. The molecular formula is C17H19NO2. The first-order chi connectivity index (χ1) is 9.68. The summed E-state index contributed by atoms with van der Waals surface area (Å²) in [4.78, 5) is 15.2. The molecule has 104 valence electrons. The van der Waals surface area contributed by atoms with Crippen LogP contribution in [0, 0.1) is 0 Å². The van der Waals surface area contributed by atoms with Crippen molar-refractivity contribution in [1.82, 2.24) is 4.98 Å². The number of aldehydes is 1. The summed E-state index contributed by atoms with van der Waals surface area (Å²) < 4.78 is 5.17. The Hall–Kier alpha value is -2.16. The van der Waals surface area contributed by atoms with Gasteiger partial charge in [-0.15, -0.1) is 0 Å². The second kappa shape index (κ2) is 6.33. The van der Waals surface area contributed by atoms with Crippen molar-refractivity contribution in [2.24, 2.45) is 0 Å². The molecule has 2 rings (SSSR count). The molecule has 0 aliphatic heterocycles. The lowest BCUT2D eigenvalue weighted by molar-refractivity contribution is -0.108. The molecular weight excluding hydrogens is 250 g/mol. The monoisotopic (exact) mass is 269 g/mol. The van der Waals surface area contributed by atoms with Crippen LogP contribution in [0.3, 0.4) is 0 Å². The fourth-order valence-electron chi connectivity index (χ4n) is 2.39. The molecule has 0 fully saturated rings. The molecule has 3 heteroatoms. The van der Waals surface area contributed by atoms with Crippen LogP contribution in [0.4, 0.5) is 0 Å². The van der Waals surface area contributed by atoms with E-state index in [1.165, 1.54) is 5.56 Å². The highest BCUT2D eigenvalue weighted by Crippen LogP contribution is 2.31. The number of pyridine rings is 1. The lowest BCUT2D eigenvalue weighted by Gasteiger charge is -2.28. The maximum Gasteiger partial charge on any atom is 0.120 e. The standard InChI is InChI=1S/C17H19NO2/c1-17(9-11-19,15-4-3-10-18-13-15)12-14-5-7-16(20-2)8-6-14/h3-8,10-11,13H,9,12H2,1-2H3. The summed E-state index contributed by atoms with van der Waals surface area (Å²) in [6, 6.07) is 11.9. The first kappa shape index (κ1) is 14.3. The van der Waals surface area contributed by atoms with Crippen LogP contribution in [0.1, 0.15) is 24.5 Å². The number of rotatable bonds is 6. The first-order valence-electron chi connectivity index (χ1n) is 6.65. The summed E-state index contributed by atoms with van der Waals surface area (Å²) in [5.74, 6) is 0.840. The third-order valence-corrected chi connectivity index (χ3v) is 3.65. The van der Waals surface area contributed by atoms with Gasteiger partial charge in [-0.3, -0.25) is 4.98 Å². The smallest absolute Gasteiger partial charge is 0.120 e. The van der Waals surface area contributed by atoms with Crippen LogP contribution in [0.15, 0.2) is 48.8 Å². The molecule has 1 unspecified atom stereocenters. The summed E-state index contributed by atoms with van der Waals surface area (Å²) in [6.07, 6.45) is 5.84. The second-order valence-corrected chi connectivity index (χ2v) is 5.20. The predicted molar refractivity (Wildman–Crippen MR) is 79.0 cm³/mol. The van der Waals surface area contributed by atoms with E-state index >= 15 is 0 Å². The Morgan fingerprint density at radius 1 is 1.25 bits per heavy atom. The van der Waals surface area contributed by atoms with E-state index in [2.05, 4.69) is 11.9 Å². The van der Waals surface area contributed by atoms with E-state index in [9.17, 15) is 4.79 Å². The van der Waals surface area contributed by atoms with Gasteiger partial charge in [-0.25, -0.2) is 0 Å². The minimum Gasteiger partial charge on any atom is -0.497 e. The topological polar surface area (TPSA) is 39.2 Å². The van der Waals surface area contributed by atoms with E-state index in [4.69, 9.17) is 4.74 Å². The maximum absolute atomic E-state index is 11.0. The molecule has 0 radical (unpaired) electrons. The van der Waals surface area contributed by atoms with Crippen LogP contribution in [-0.2, 0) is 16.6 Å². The Kier molecular flexibility index (Phi) is 4.51. The van der Waals surface area contributed by atoms with Gasteiger partial charge in [0.15, 0.2) is 0 Å². The molecule has 0 aliphatic carbocycles. The minimum atomic E-state index is -0.232. The summed E-state index contributed by atoms with van der Waals surface area (Å²) in [5.41, 5.74) is 2.03. The maximum atomic E-state index is 11.0. The lowest BCUT2D eigenvalue weighted by Crippen LogP contribution is -2.25. The highest BCUT2D eigenvalue weighted by atomic mass is 16.5. The number of aromatic nitrogens is 1. The van der Waals surface area contributed by atoms with Crippen molar-refractivity contribution in [2.75, 3.05) is 7.11 Å². The van der Waals surface area contributed by atoms with Crippen molar-refractivity contribution in [1.29, 1.82) is 0 Å². The summed E-state index contributed by atoms with van der Waals surface area (Å²) in [5, 5.41) is 0. The highest BCUT2D eigenvalue weighted by molar-refractivity contribution is 5.53. The van der Waals surface area contributed by atoms with E-state index in [1.54, 1.807) is 13.3 Å². The van der Waals surface area contributed by atoms with Crippen molar-refractivity contribution < 1.29 is 9.53 Å². The van der Waals surface area contributed by atoms with Gasteiger partial charge in [0.25, 0.3) is 0 Å². The van der Waals surface area contributed by atoms with Crippen molar-refractivity contribution in [3.63, 3.8) is 0 Å². The highest BCUT2D eigenvalue weighted by Gasteiger charge is 2.26. The van der Waals surface area contributed by atoms with Gasteiger partial charge < -0.3 is 9.53 Å². The van der Waals surface area contributed by atoms with E-state index < -0.39 is 0 Å². The quantitative estimate of drug-likeness (QED) is 0.756. The van der Waals surface area contributed by atoms with E-state index in [0.717, 1.165) is 24.0 Å². The number of carbonyl (C=O) groups excluding carboxylic acids is 1. The molecule has 1 aromatic heterocycles. The molecule has 0 saturated heterocycles. The van der Waals surface area contributed by atoms with Gasteiger partial charge in [0.05, 0.1) is 7.11 Å². The van der Waals surface area contributed by atoms with Gasteiger partial charge in [0, 0.05) is 24.2 Å². The summed E-state index contributed by atoms with van der Waals surface area (Å²) in [6.45, 7) is 2.10. The van der Waals surface area contributed by atoms with Crippen molar-refractivity contribution >= 4 is 6.29 Å². The number of nitrogens with zero attached hydrogens (tertiary/aromatic N) is 1. The molecule has 0 saturated carbocycles. The Bertz CT molecular complexity index is 551. The second-order valence-electron chi connectivity index (χ2n) is 5.20. The molecule has 20 heavy (non-hydrogen) atoms. The molecule has 0 spiro atoms. The van der Waals surface area contributed by atoms with Gasteiger partial charge in [0.2, 0.25) is 0 Å². The van der Waals surface area contributed by atoms with Crippen LogP contribution in [0.25, 0.3) is 0 Å². The molecule has 0 amide bonds. The summed E-state index contributed by atoms with van der Waals surface area (Å²) in [7, 11) is 1.65. The molecule has 0 aliphatic rings. The number of methoxy groups -OCH3 is 1. The Labute approximate surface area is 119 Å². The van der Waals surface area contributed by atoms with Gasteiger partial charge in [-0.05, 0) is 35.7 Å². The Morgan fingerprint density at radius 3 is 2.55 bits per heavy atom. The normalized spacial score (nSPS) is 13.5.